The minimum absolute atomic E-state index is 0.635. The molecule has 0 bridgehead atoms. The number of aryl methyl sites for hydroxylation is 2. The topological polar surface area (TPSA) is 37.3 Å². The number of aromatic nitrogens is 1. The van der Waals surface area contributed by atoms with Gasteiger partial charge in [-0.1, -0.05) is 38.5 Å². The number of rotatable bonds is 4. The zero-order chi connectivity index (χ0) is 13.8. The number of hydrogen-bond donors (Lipinski definition) is 1. The number of nitrogens with one attached hydrogen (secondary N) is 1. The molecule has 1 aliphatic heterocycles. The van der Waals surface area contributed by atoms with Gasteiger partial charge in [-0.25, -0.2) is 0 Å². The standard InChI is InChI=1S/C15H23N3S/c1-5-12(6-2)14-9-16-15(19-14)18-13-8-7-10(3)17-11(13)4/h7-8,12,14H,5-6,9H2,1-4H3,(H,16,18). The lowest BCUT2D eigenvalue weighted by molar-refractivity contribution is 0.479. The van der Waals surface area contributed by atoms with E-state index in [1.54, 1.807) is 0 Å². The fourth-order valence-corrected chi connectivity index (χ4v) is 3.78. The van der Waals surface area contributed by atoms with Gasteiger partial charge in [0.15, 0.2) is 5.17 Å². The Morgan fingerprint density at radius 1 is 1.32 bits per heavy atom. The van der Waals surface area contributed by atoms with Crippen molar-refractivity contribution in [1.29, 1.82) is 0 Å². The van der Waals surface area contributed by atoms with E-state index in [2.05, 4.69) is 35.2 Å². The molecular formula is C15H23N3S. The molecule has 0 saturated carbocycles. The van der Waals surface area contributed by atoms with E-state index >= 15 is 0 Å². The molecule has 3 nitrogen and oxygen atoms in total. The molecule has 19 heavy (non-hydrogen) atoms. The maximum atomic E-state index is 4.63. The molecule has 0 aromatic carbocycles. The van der Waals surface area contributed by atoms with Crippen molar-refractivity contribution in [3.05, 3.63) is 23.5 Å². The van der Waals surface area contributed by atoms with E-state index in [9.17, 15) is 0 Å². The molecule has 0 radical (unpaired) electrons. The first-order chi connectivity index (χ1) is 9.13. The second-order valence-corrected chi connectivity index (χ2v) is 6.32. The first-order valence-electron chi connectivity index (χ1n) is 7.06. The molecular weight excluding hydrogens is 254 g/mol. The molecule has 0 fully saturated rings. The van der Waals surface area contributed by atoms with Gasteiger partial charge in [-0.3, -0.25) is 9.98 Å². The molecule has 0 spiro atoms. The molecule has 2 rings (SSSR count). The summed E-state index contributed by atoms with van der Waals surface area (Å²) in [6.07, 6.45) is 2.48. The largest absolute Gasteiger partial charge is 0.333 e. The Bertz CT molecular complexity index is 466. The van der Waals surface area contributed by atoms with Crippen LogP contribution in [-0.2, 0) is 0 Å². The molecule has 4 heteroatoms. The third-order valence-corrected chi connectivity index (χ3v) is 5.01. The molecule has 0 saturated heterocycles. The second-order valence-electron chi connectivity index (χ2n) is 5.09. The summed E-state index contributed by atoms with van der Waals surface area (Å²) in [5.41, 5.74) is 3.16. The van der Waals surface area contributed by atoms with E-state index in [4.69, 9.17) is 0 Å². The molecule has 104 valence electrons. The number of amidine groups is 1. The molecule has 1 aromatic heterocycles. The summed E-state index contributed by atoms with van der Waals surface area (Å²) >= 11 is 1.89. The Morgan fingerprint density at radius 3 is 2.68 bits per heavy atom. The number of hydrogen-bond acceptors (Lipinski definition) is 4. The van der Waals surface area contributed by atoms with Crippen molar-refractivity contribution in [2.75, 3.05) is 11.9 Å². The smallest absolute Gasteiger partial charge is 0.161 e. The number of nitrogens with zero attached hydrogens (tertiary/aromatic N) is 2. The molecule has 1 aliphatic rings. The molecule has 1 unspecified atom stereocenters. The van der Waals surface area contributed by atoms with E-state index in [1.165, 1.54) is 12.8 Å². The van der Waals surface area contributed by atoms with Crippen LogP contribution in [0.1, 0.15) is 38.1 Å². The van der Waals surface area contributed by atoms with Gasteiger partial charge in [0.25, 0.3) is 0 Å². The monoisotopic (exact) mass is 277 g/mol. The van der Waals surface area contributed by atoms with Crippen LogP contribution in [0.3, 0.4) is 0 Å². The SMILES string of the molecule is CCC(CC)C1CN=C(Nc2ccc(C)nc2C)S1. The van der Waals surface area contributed by atoms with Crippen molar-refractivity contribution in [3.8, 4) is 0 Å². The van der Waals surface area contributed by atoms with Crippen molar-refractivity contribution in [1.82, 2.24) is 4.98 Å². The van der Waals surface area contributed by atoms with Crippen LogP contribution in [0.5, 0.6) is 0 Å². The lowest BCUT2D eigenvalue weighted by atomic mass is 9.99. The quantitative estimate of drug-likeness (QED) is 0.903. The fraction of sp³-hybridized carbons (Fsp3) is 0.600. The van der Waals surface area contributed by atoms with E-state index in [-0.39, 0.29) is 0 Å². The summed E-state index contributed by atoms with van der Waals surface area (Å²) in [5.74, 6) is 0.769. The van der Waals surface area contributed by atoms with Gasteiger partial charge in [0.1, 0.15) is 0 Å². The van der Waals surface area contributed by atoms with E-state index < -0.39 is 0 Å². The lowest BCUT2D eigenvalue weighted by Crippen LogP contribution is -2.17. The molecule has 0 aliphatic carbocycles. The highest BCUT2D eigenvalue weighted by Gasteiger charge is 2.26. The Labute approximate surface area is 120 Å². The van der Waals surface area contributed by atoms with Crippen LogP contribution in [0.4, 0.5) is 5.69 Å². The zero-order valence-corrected chi connectivity index (χ0v) is 13.0. The summed E-state index contributed by atoms with van der Waals surface area (Å²) in [7, 11) is 0. The summed E-state index contributed by atoms with van der Waals surface area (Å²) in [4.78, 5) is 9.11. The summed E-state index contributed by atoms with van der Waals surface area (Å²) in [6, 6.07) is 4.12. The highest BCUT2D eigenvalue weighted by Crippen LogP contribution is 2.31. The van der Waals surface area contributed by atoms with Gasteiger partial charge >= 0.3 is 0 Å². The van der Waals surface area contributed by atoms with Crippen LogP contribution in [-0.4, -0.2) is 21.9 Å². The summed E-state index contributed by atoms with van der Waals surface area (Å²) in [5, 5.41) is 5.10. The van der Waals surface area contributed by atoms with Crippen molar-refractivity contribution in [2.24, 2.45) is 10.9 Å². The molecule has 1 aromatic rings. The van der Waals surface area contributed by atoms with Gasteiger partial charge in [-0.05, 0) is 31.9 Å². The van der Waals surface area contributed by atoms with Gasteiger partial charge in [0.05, 0.1) is 17.9 Å². The first-order valence-corrected chi connectivity index (χ1v) is 7.94. The maximum absolute atomic E-state index is 4.63. The van der Waals surface area contributed by atoms with E-state index in [0.29, 0.717) is 5.25 Å². The minimum Gasteiger partial charge on any atom is -0.333 e. The van der Waals surface area contributed by atoms with Crippen LogP contribution in [0.25, 0.3) is 0 Å². The first kappa shape index (κ1) is 14.4. The average Bonchev–Trinajstić information content (AvgIpc) is 2.83. The predicted molar refractivity (Wildman–Crippen MR) is 85.1 cm³/mol. The van der Waals surface area contributed by atoms with Gasteiger partial charge in [0.2, 0.25) is 0 Å². The Morgan fingerprint density at radius 2 is 2.05 bits per heavy atom. The molecule has 1 atom stereocenters. The zero-order valence-electron chi connectivity index (χ0n) is 12.2. The van der Waals surface area contributed by atoms with Crippen molar-refractivity contribution < 1.29 is 0 Å². The van der Waals surface area contributed by atoms with Crippen molar-refractivity contribution in [3.63, 3.8) is 0 Å². The molecule has 0 amide bonds. The van der Waals surface area contributed by atoms with Crippen LogP contribution in [0.15, 0.2) is 17.1 Å². The van der Waals surface area contributed by atoms with Crippen LogP contribution < -0.4 is 5.32 Å². The van der Waals surface area contributed by atoms with Crippen LogP contribution in [0.2, 0.25) is 0 Å². The third kappa shape index (κ3) is 3.50. The second kappa shape index (κ2) is 6.42. The van der Waals surface area contributed by atoms with Gasteiger partial charge in [0, 0.05) is 10.9 Å². The number of thioether (sulfide) groups is 1. The predicted octanol–water partition coefficient (Wildman–Crippen LogP) is 4.02. The van der Waals surface area contributed by atoms with Crippen LogP contribution >= 0.6 is 11.8 Å². The van der Waals surface area contributed by atoms with Gasteiger partial charge < -0.3 is 5.32 Å². The van der Waals surface area contributed by atoms with Crippen LogP contribution in [0, 0.1) is 19.8 Å². The molecule has 1 N–H and O–H groups in total. The minimum atomic E-state index is 0.635. The third-order valence-electron chi connectivity index (χ3n) is 3.72. The van der Waals surface area contributed by atoms with Gasteiger partial charge in [-0.2, -0.15) is 0 Å². The normalized spacial score (nSPS) is 18.8. The fourth-order valence-electron chi connectivity index (χ4n) is 2.45. The van der Waals surface area contributed by atoms with E-state index in [0.717, 1.165) is 34.7 Å². The number of anilines is 1. The van der Waals surface area contributed by atoms with Crippen molar-refractivity contribution in [2.45, 2.75) is 45.8 Å². The lowest BCUT2D eigenvalue weighted by Gasteiger charge is -2.18. The highest BCUT2D eigenvalue weighted by atomic mass is 32.2. The average molecular weight is 277 g/mol. The highest BCUT2D eigenvalue weighted by molar-refractivity contribution is 8.15. The molecule has 2 heterocycles. The number of aliphatic imine (C=N–C) groups is 1. The summed E-state index contributed by atoms with van der Waals surface area (Å²) < 4.78 is 0. The van der Waals surface area contributed by atoms with Gasteiger partial charge in [-0.15, -0.1) is 0 Å². The number of pyridine rings is 1. The van der Waals surface area contributed by atoms with E-state index in [1.807, 2.05) is 31.7 Å². The summed E-state index contributed by atoms with van der Waals surface area (Å²) in [6.45, 7) is 9.54. The Balaban J connectivity index is 1.98. The maximum Gasteiger partial charge on any atom is 0.161 e. The Kier molecular flexibility index (Phi) is 4.86. The Hall–Kier alpha value is -1.03. The van der Waals surface area contributed by atoms with Crippen molar-refractivity contribution >= 4 is 22.6 Å².